The summed E-state index contributed by atoms with van der Waals surface area (Å²) in [5, 5.41) is 13.5. The van der Waals surface area contributed by atoms with Crippen LogP contribution in [0.2, 0.25) is 0 Å². The summed E-state index contributed by atoms with van der Waals surface area (Å²) in [6, 6.07) is 7.16. The van der Waals surface area contributed by atoms with Crippen LogP contribution in [0.3, 0.4) is 0 Å². The molecule has 2 rings (SSSR count). The minimum atomic E-state index is -0.0311. The third-order valence-electron chi connectivity index (χ3n) is 2.27. The summed E-state index contributed by atoms with van der Waals surface area (Å²) < 4.78 is 10.1. The van der Waals surface area contributed by atoms with Gasteiger partial charge >= 0.3 is 0 Å². The summed E-state index contributed by atoms with van der Waals surface area (Å²) in [5.74, 6) is 1.30. The first-order chi connectivity index (χ1) is 8.70. The van der Waals surface area contributed by atoms with Gasteiger partial charge in [0.2, 0.25) is 5.89 Å². The second-order valence-corrected chi connectivity index (χ2v) is 5.09. The van der Waals surface area contributed by atoms with Gasteiger partial charge in [0.1, 0.15) is 12.4 Å². The zero-order valence-electron chi connectivity index (χ0n) is 10.2. The molecule has 0 aliphatic rings. The molecule has 0 aliphatic heterocycles. The number of nitrogens with zero attached hydrogens (tertiary/aromatic N) is 2. The molecule has 0 bridgehead atoms. The van der Waals surface area contributed by atoms with Gasteiger partial charge in [-0.2, -0.15) is 4.98 Å². The maximum atomic E-state index is 9.69. The number of aromatic nitrogens is 2. The lowest BCUT2D eigenvalue weighted by Crippen LogP contribution is -1.92. The summed E-state index contributed by atoms with van der Waals surface area (Å²) in [6.45, 7) is 2.28. The number of methoxy groups -OCH3 is 1. The van der Waals surface area contributed by atoms with Crippen LogP contribution < -0.4 is 0 Å². The van der Waals surface area contributed by atoms with Crippen LogP contribution in [0.25, 0.3) is 0 Å². The molecule has 1 aromatic carbocycles. The number of hydrogen-bond acceptors (Lipinski definition) is 6. The van der Waals surface area contributed by atoms with Crippen molar-refractivity contribution in [3.05, 3.63) is 36.0 Å². The zero-order chi connectivity index (χ0) is 13.0. The van der Waals surface area contributed by atoms with Crippen molar-refractivity contribution in [3.8, 4) is 5.75 Å². The predicted octanol–water partition coefficient (Wildman–Crippen LogP) is 2.77. The van der Waals surface area contributed by atoms with E-state index in [9.17, 15) is 5.11 Å². The van der Waals surface area contributed by atoms with Gasteiger partial charge in [0.25, 0.3) is 0 Å². The fourth-order valence-corrected chi connectivity index (χ4v) is 2.34. The van der Waals surface area contributed by atoms with Crippen LogP contribution in [0.4, 0.5) is 0 Å². The molecule has 0 aliphatic carbocycles. The van der Waals surface area contributed by atoms with E-state index in [1.54, 1.807) is 19.2 Å². The van der Waals surface area contributed by atoms with E-state index >= 15 is 0 Å². The maximum Gasteiger partial charge on any atom is 0.239 e. The lowest BCUT2D eigenvalue weighted by Gasteiger charge is -2.07. The van der Waals surface area contributed by atoms with E-state index in [0.717, 1.165) is 4.90 Å². The number of phenols is 1. The minimum absolute atomic E-state index is 0.0311. The van der Waals surface area contributed by atoms with Gasteiger partial charge in [0.05, 0.1) is 5.25 Å². The molecule has 1 N–H and O–H groups in total. The molecule has 2 aromatic rings. The Kier molecular flexibility index (Phi) is 4.22. The van der Waals surface area contributed by atoms with Crippen molar-refractivity contribution in [3.63, 3.8) is 0 Å². The van der Waals surface area contributed by atoms with Crippen molar-refractivity contribution in [2.45, 2.75) is 23.7 Å². The molecule has 5 nitrogen and oxygen atoms in total. The zero-order valence-corrected chi connectivity index (χ0v) is 11.0. The van der Waals surface area contributed by atoms with E-state index in [2.05, 4.69) is 10.1 Å². The lowest BCUT2D eigenvalue weighted by molar-refractivity contribution is 0.174. The van der Waals surface area contributed by atoms with E-state index in [4.69, 9.17) is 9.26 Å². The standard InChI is InChI=1S/C12H14N2O3S/c1-8(12-13-11(7-16-2)14-17-12)18-10-6-4-3-5-9(10)15/h3-6,8,15H,7H2,1-2H3. The van der Waals surface area contributed by atoms with E-state index in [-0.39, 0.29) is 11.0 Å². The van der Waals surface area contributed by atoms with Crippen molar-refractivity contribution in [1.29, 1.82) is 0 Å². The number of para-hydroxylation sites is 1. The van der Waals surface area contributed by atoms with Crippen molar-refractivity contribution in [2.75, 3.05) is 7.11 Å². The van der Waals surface area contributed by atoms with Crippen LogP contribution in [-0.4, -0.2) is 22.4 Å². The Morgan fingerprint density at radius 1 is 1.44 bits per heavy atom. The highest BCUT2D eigenvalue weighted by molar-refractivity contribution is 7.99. The molecule has 18 heavy (non-hydrogen) atoms. The number of thioether (sulfide) groups is 1. The normalized spacial score (nSPS) is 12.6. The van der Waals surface area contributed by atoms with Crippen molar-refractivity contribution < 1.29 is 14.4 Å². The summed E-state index contributed by atoms with van der Waals surface area (Å²) in [6.07, 6.45) is 0. The molecule has 1 aromatic heterocycles. The van der Waals surface area contributed by atoms with Gasteiger partial charge in [-0.25, -0.2) is 0 Å². The third kappa shape index (κ3) is 3.02. The fraction of sp³-hybridized carbons (Fsp3) is 0.333. The van der Waals surface area contributed by atoms with Crippen molar-refractivity contribution in [1.82, 2.24) is 10.1 Å². The van der Waals surface area contributed by atoms with E-state index in [1.165, 1.54) is 11.8 Å². The summed E-state index contributed by atoms with van der Waals surface area (Å²) in [7, 11) is 1.58. The monoisotopic (exact) mass is 266 g/mol. The first-order valence-corrected chi connectivity index (χ1v) is 6.34. The minimum Gasteiger partial charge on any atom is -0.507 e. The molecule has 6 heteroatoms. The smallest absolute Gasteiger partial charge is 0.239 e. The first kappa shape index (κ1) is 12.9. The Morgan fingerprint density at radius 3 is 2.94 bits per heavy atom. The quantitative estimate of drug-likeness (QED) is 0.839. The average Bonchev–Trinajstić information content (AvgIpc) is 2.81. The Labute approximate surface area is 109 Å². The molecule has 0 saturated carbocycles. The maximum absolute atomic E-state index is 9.69. The van der Waals surface area contributed by atoms with Gasteiger partial charge in [0.15, 0.2) is 5.82 Å². The van der Waals surface area contributed by atoms with Gasteiger partial charge in [-0.15, -0.1) is 11.8 Å². The van der Waals surface area contributed by atoms with Crippen molar-refractivity contribution >= 4 is 11.8 Å². The van der Waals surface area contributed by atoms with E-state index in [1.807, 2.05) is 19.1 Å². The summed E-state index contributed by atoms with van der Waals surface area (Å²) in [5.41, 5.74) is 0. The average molecular weight is 266 g/mol. The number of aromatic hydroxyl groups is 1. The number of ether oxygens (including phenoxy) is 1. The number of rotatable bonds is 5. The van der Waals surface area contributed by atoms with Gasteiger partial charge in [-0.1, -0.05) is 17.3 Å². The fourth-order valence-electron chi connectivity index (χ4n) is 1.42. The van der Waals surface area contributed by atoms with Gasteiger partial charge < -0.3 is 14.4 Å². The molecule has 0 radical (unpaired) electrons. The molecule has 96 valence electrons. The highest BCUT2D eigenvalue weighted by Crippen LogP contribution is 2.38. The number of hydrogen-bond donors (Lipinski definition) is 1. The Hall–Kier alpha value is -1.53. The van der Waals surface area contributed by atoms with Crippen molar-refractivity contribution in [2.24, 2.45) is 0 Å². The van der Waals surface area contributed by atoms with Gasteiger partial charge in [0, 0.05) is 12.0 Å². The third-order valence-corrected chi connectivity index (χ3v) is 3.43. The van der Waals surface area contributed by atoms with Gasteiger partial charge in [-0.05, 0) is 19.1 Å². The molecule has 0 spiro atoms. The summed E-state index contributed by atoms with van der Waals surface area (Å²) in [4.78, 5) is 5.01. The Bertz CT molecular complexity index is 516. The molecular weight excluding hydrogens is 252 g/mol. The molecule has 1 heterocycles. The molecule has 0 saturated heterocycles. The lowest BCUT2D eigenvalue weighted by atomic mass is 10.3. The molecule has 0 fully saturated rings. The SMILES string of the molecule is COCc1noc(C(C)Sc2ccccc2O)n1. The van der Waals surface area contributed by atoms with Crippen LogP contribution in [0.1, 0.15) is 23.9 Å². The number of phenolic OH excluding ortho intramolecular Hbond substituents is 1. The van der Waals surface area contributed by atoms with E-state index < -0.39 is 0 Å². The van der Waals surface area contributed by atoms with E-state index in [0.29, 0.717) is 18.3 Å². The largest absolute Gasteiger partial charge is 0.507 e. The highest BCUT2D eigenvalue weighted by atomic mass is 32.2. The van der Waals surface area contributed by atoms with Crippen LogP contribution in [0, 0.1) is 0 Å². The molecule has 0 amide bonds. The second-order valence-electron chi connectivity index (χ2n) is 3.71. The Balaban J connectivity index is 2.07. The topological polar surface area (TPSA) is 68.4 Å². The first-order valence-electron chi connectivity index (χ1n) is 5.46. The predicted molar refractivity (Wildman–Crippen MR) is 67.4 cm³/mol. The molecular formula is C12H14N2O3S. The van der Waals surface area contributed by atoms with Crippen LogP contribution in [-0.2, 0) is 11.3 Å². The number of benzene rings is 1. The van der Waals surface area contributed by atoms with Gasteiger partial charge in [-0.3, -0.25) is 0 Å². The summed E-state index contributed by atoms with van der Waals surface area (Å²) >= 11 is 1.47. The molecule has 1 atom stereocenters. The van der Waals surface area contributed by atoms with Crippen LogP contribution in [0.15, 0.2) is 33.7 Å². The molecule has 1 unspecified atom stereocenters. The highest BCUT2D eigenvalue weighted by Gasteiger charge is 2.16. The van der Waals surface area contributed by atoms with Crippen LogP contribution in [0.5, 0.6) is 5.75 Å². The Morgan fingerprint density at radius 2 is 2.22 bits per heavy atom. The second kappa shape index (κ2) is 5.88. The van der Waals surface area contributed by atoms with Crippen LogP contribution >= 0.6 is 11.8 Å².